The first kappa shape index (κ1) is 33.1. The minimum absolute atomic E-state index is 0. The van der Waals surface area contributed by atoms with E-state index < -0.39 is 47.8 Å². The highest BCUT2D eigenvalue weighted by molar-refractivity contribution is 5.68. The number of hydrogen-bond acceptors (Lipinski definition) is 8. The highest BCUT2D eigenvalue weighted by Gasteiger charge is 2.29. The summed E-state index contributed by atoms with van der Waals surface area (Å²) in [7, 11) is 0. The van der Waals surface area contributed by atoms with Crippen LogP contribution in [0, 0.1) is 0 Å². The Morgan fingerprint density at radius 3 is 1.34 bits per heavy atom. The first-order chi connectivity index (χ1) is 16.0. The summed E-state index contributed by atoms with van der Waals surface area (Å²) < 4.78 is 16.6. The fourth-order valence-corrected chi connectivity index (χ4v) is 3.01. The molecule has 2 heterocycles. The number of aliphatic hydroxyl groups is 4. The van der Waals surface area contributed by atoms with E-state index in [4.69, 9.17) is 10.8 Å². The van der Waals surface area contributed by atoms with Gasteiger partial charge in [0.15, 0.2) is 0 Å². The number of nitrogens with zero attached hydrogens (tertiary/aromatic N) is 2. The normalized spacial score (nSPS) is 25.2. The highest BCUT2D eigenvalue weighted by Crippen LogP contribution is 2.16. The average Bonchev–Trinajstić information content (AvgIpc) is 2.96. The Hall–Kier alpha value is -1.88. The lowest BCUT2D eigenvalue weighted by molar-refractivity contribution is 0.0110. The maximum absolute atomic E-state index is 11.7. The van der Waals surface area contributed by atoms with Crippen molar-refractivity contribution < 1.29 is 40.9 Å². The molecule has 2 rings (SSSR count). The molecule has 10 heteroatoms. The second-order valence-electron chi connectivity index (χ2n) is 10.2. The molecule has 0 aromatic rings. The number of β-amino-alcohol motifs (C(OH)–C–C–N with tert-alkyl or cyclic N) is 4. The van der Waals surface area contributed by atoms with Crippen molar-refractivity contribution >= 4 is 12.2 Å². The number of carbonyl (C=O) groups excluding carboxylic acids is 2. The SMILES string of the molecule is C.CC(C)(C)OC(=O)N1C[C@H](O)C=C[C@H](O)C1.CC(C)(C)OC(=O)N1C[C@H](O)CC[C@H](O)C1.[2H]CC. The molecule has 2 amide bonds. The lowest BCUT2D eigenvalue weighted by atomic mass is 10.1. The summed E-state index contributed by atoms with van der Waals surface area (Å²) in [5, 5.41) is 38.1. The topological polar surface area (TPSA) is 140 Å². The quantitative estimate of drug-likeness (QED) is 0.367. The molecule has 0 saturated carbocycles. The molecule has 4 atom stereocenters. The van der Waals surface area contributed by atoms with E-state index >= 15 is 0 Å². The fourth-order valence-electron chi connectivity index (χ4n) is 3.01. The Labute approximate surface area is 212 Å². The number of likely N-dealkylation sites (tertiary alicyclic amines) is 1. The van der Waals surface area contributed by atoms with Gasteiger partial charge in [-0.1, -0.05) is 33.4 Å². The van der Waals surface area contributed by atoms with Crippen LogP contribution in [0.1, 0.15) is 77.0 Å². The zero-order valence-electron chi connectivity index (χ0n) is 22.7. The summed E-state index contributed by atoms with van der Waals surface area (Å²) in [5.74, 6) is 0. The van der Waals surface area contributed by atoms with Crippen LogP contribution in [0.4, 0.5) is 9.59 Å². The minimum Gasteiger partial charge on any atom is -0.444 e. The Morgan fingerprint density at radius 1 is 0.771 bits per heavy atom. The number of amides is 2. The fraction of sp³-hybridized carbons (Fsp3) is 0.840. The molecule has 2 aliphatic heterocycles. The first-order valence-electron chi connectivity index (χ1n) is 12.3. The molecule has 0 aromatic heterocycles. The Bertz CT molecular complexity index is 611. The van der Waals surface area contributed by atoms with E-state index in [0.29, 0.717) is 19.7 Å². The van der Waals surface area contributed by atoms with Crippen molar-refractivity contribution in [1.29, 1.82) is 0 Å². The van der Waals surface area contributed by atoms with E-state index in [2.05, 4.69) is 0 Å². The van der Waals surface area contributed by atoms with E-state index in [1.54, 1.807) is 48.5 Å². The van der Waals surface area contributed by atoms with Gasteiger partial charge < -0.3 is 39.7 Å². The number of aliphatic hydroxyl groups excluding tert-OH is 4. The standard InChI is InChI=1S/C11H21NO4.C11H19NO4.C2H6.CH4/c2*1-11(2,3)16-10(15)12-6-8(13)4-5-9(14)7-12;1-2;/h8-9,13-14H,4-7H2,1-3H3;4-5,8-9,13-14H,6-7H2,1-3H3;1-2H3;1H4/t2*8-,9+;;/i;;1D;. The van der Waals surface area contributed by atoms with E-state index in [-0.39, 0.29) is 33.6 Å². The van der Waals surface area contributed by atoms with E-state index in [1.807, 2.05) is 0 Å². The van der Waals surface area contributed by atoms with Crippen LogP contribution in [0.2, 0.25) is 0 Å². The van der Waals surface area contributed by atoms with Crippen molar-refractivity contribution in [3.05, 3.63) is 12.2 Å². The van der Waals surface area contributed by atoms with Crippen LogP contribution in [0.25, 0.3) is 0 Å². The Kier molecular flexibility index (Phi) is 15.1. The molecule has 1 saturated heterocycles. The molecule has 1 fully saturated rings. The third kappa shape index (κ3) is 16.4. The van der Waals surface area contributed by atoms with Gasteiger partial charge in [-0.3, -0.25) is 0 Å². The van der Waals surface area contributed by atoms with Crippen LogP contribution in [0.3, 0.4) is 0 Å². The smallest absolute Gasteiger partial charge is 0.410 e. The van der Waals surface area contributed by atoms with Gasteiger partial charge in [0.25, 0.3) is 0 Å². The molecule has 0 aromatic carbocycles. The lowest BCUT2D eigenvalue weighted by Crippen LogP contribution is -2.42. The second kappa shape index (κ2) is 16.0. The van der Waals surface area contributed by atoms with Crippen molar-refractivity contribution in [2.75, 3.05) is 26.2 Å². The molecule has 2 aliphatic rings. The van der Waals surface area contributed by atoms with Crippen molar-refractivity contribution in [3.63, 3.8) is 0 Å². The van der Waals surface area contributed by atoms with Gasteiger partial charge in [-0.25, -0.2) is 9.59 Å². The summed E-state index contributed by atoms with van der Waals surface area (Å²) in [6, 6.07) is 0. The van der Waals surface area contributed by atoms with Gasteiger partial charge in [-0.2, -0.15) is 0 Å². The van der Waals surface area contributed by atoms with Gasteiger partial charge in [0, 0.05) is 1.37 Å². The number of carbonyl (C=O) groups is 2. The molecule has 4 N–H and O–H groups in total. The molecular weight excluding hydrogens is 456 g/mol. The largest absolute Gasteiger partial charge is 0.444 e. The van der Waals surface area contributed by atoms with Crippen molar-refractivity contribution in [2.45, 2.75) is 111 Å². The monoisotopic (exact) mass is 507 g/mol. The zero-order chi connectivity index (χ0) is 27.4. The van der Waals surface area contributed by atoms with Crippen LogP contribution in [-0.2, 0) is 9.47 Å². The molecule has 10 nitrogen and oxygen atoms in total. The van der Waals surface area contributed by atoms with Gasteiger partial charge in [0.1, 0.15) is 11.2 Å². The summed E-state index contributed by atoms with van der Waals surface area (Å²) in [6.07, 6.45) is 0.316. The van der Waals surface area contributed by atoms with E-state index in [1.165, 1.54) is 22.0 Å². The number of rotatable bonds is 0. The van der Waals surface area contributed by atoms with Gasteiger partial charge in [-0.15, -0.1) is 0 Å². The molecule has 35 heavy (non-hydrogen) atoms. The summed E-state index contributed by atoms with van der Waals surface area (Å²) >= 11 is 0. The van der Waals surface area contributed by atoms with E-state index in [9.17, 15) is 30.0 Å². The number of ether oxygens (including phenoxy) is 2. The Morgan fingerprint density at radius 2 is 1.06 bits per heavy atom. The predicted octanol–water partition coefficient (Wildman–Crippen LogP) is 2.92. The van der Waals surface area contributed by atoms with Crippen LogP contribution in [-0.4, -0.2) is 104 Å². The average molecular weight is 508 g/mol. The van der Waals surface area contributed by atoms with Gasteiger partial charge in [0.2, 0.25) is 0 Å². The van der Waals surface area contributed by atoms with Crippen molar-refractivity contribution in [3.8, 4) is 0 Å². The van der Waals surface area contributed by atoms with Gasteiger partial charge in [0.05, 0.1) is 50.6 Å². The van der Waals surface area contributed by atoms with Gasteiger partial charge in [-0.05, 0) is 54.4 Å². The van der Waals surface area contributed by atoms with E-state index in [0.717, 1.165) is 0 Å². The third-order valence-corrected chi connectivity index (χ3v) is 4.37. The first-order valence-corrected chi connectivity index (χ1v) is 11.6. The van der Waals surface area contributed by atoms with Crippen molar-refractivity contribution in [1.82, 2.24) is 9.80 Å². The third-order valence-electron chi connectivity index (χ3n) is 4.37. The van der Waals surface area contributed by atoms with Crippen LogP contribution in [0.5, 0.6) is 0 Å². The molecule has 0 spiro atoms. The molecule has 208 valence electrons. The van der Waals surface area contributed by atoms with Crippen LogP contribution in [0.15, 0.2) is 12.2 Å². The molecule has 0 aliphatic carbocycles. The number of hydrogen-bond donors (Lipinski definition) is 4. The Balaban J connectivity index is 0. The van der Waals surface area contributed by atoms with Crippen LogP contribution < -0.4 is 0 Å². The lowest BCUT2D eigenvalue weighted by Gasteiger charge is -2.27. The van der Waals surface area contributed by atoms with Gasteiger partial charge >= 0.3 is 12.2 Å². The summed E-state index contributed by atoms with van der Waals surface area (Å²) in [6.45, 7) is 13.7. The predicted molar refractivity (Wildman–Crippen MR) is 136 cm³/mol. The molecular formula is C25H50N2O8. The highest BCUT2D eigenvalue weighted by atomic mass is 16.6. The molecule has 0 radical (unpaired) electrons. The summed E-state index contributed by atoms with van der Waals surface area (Å²) in [5.41, 5.74) is -1.13. The molecule has 0 bridgehead atoms. The second-order valence-corrected chi connectivity index (χ2v) is 10.2. The maximum atomic E-state index is 11.7. The maximum Gasteiger partial charge on any atom is 0.410 e. The summed E-state index contributed by atoms with van der Waals surface area (Å²) in [4.78, 5) is 26.1. The van der Waals surface area contributed by atoms with Crippen molar-refractivity contribution in [2.24, 2.45) is 0 Å². The molecule has 0 unspecified atom stereocenters. The minimum atomic E-state index is -0.760. The van der Waals surface area contributed by atoms with Crippen LogP contribution >= 0.6 is 0 Å². The zero-order valence-corrected chi connectivity index (χ0v) is 21.7.